The van der Waals surface area contributed by atoms with Gasteiger partial charge < -0.3 is 9.47 Å². The molecule has 1 amide bonds. The summed E-state index contributed by atoms with van der Waals surface area (Å²) in [4.78, 5) is 33.4. The maximum atomic E-state index is 12.7. The summed E-state index contributed by atoms with van der Waals surface area (Å²) in [7, 11) is 2.98. The fourth-order valence-electron chi connectivity index (χ4n) is 5.11. The topological polar surface area (TPSA) is 68.3 Å². The molecule has 168 valence electrons. The van der Waals surface area contributed by atoms with Crippen molar-refractivity contribution in [3.8, 4) is 0 Å². The number of hydroxylamine groups is 2. The number of piperidine rings is 1. The Morgan fingerprint density at radius 3 is 2.57 bits per heavy atom. The van der Waals surface area contributed by atoms with Gasteiger partial charge in [0.25, 0.3) is 0 Å². The standard InChI is InChI=1S/C23H36N2O5/c1-17(2)19-7-5-18(6-8-19)16-24-11-9-23(10-12-24)20(22(27)29-4)15-21(26)25(23)30-14-13-28-3/h5,19-20H,1,6-16H2,2-4H3/t19-,20+/m1/s1. The lowest BCUT2D eigenvalue weighted by molar-refractivity contribution is -0.226. The van der Waals surface area contributed by atoms with Crippen molar-refractivity contribution in [2.45, 2.75) is 51.0 Å². The van der Waals surface area contributed by atoms with Gasteiger partial charge in [-0.3, -0.25) is 19.3 Å². The highest BCUT2D eigenvalue weighted by atomic mass is 16.7. The number of carbonyl (C=O) groups is 2. The summed E-state index contributed by atoms with van der Waals surface area (Å²) in [6, 6.07) is 0. The van der Waals surface area contributed by atoms with Gasteiger partial charge in [0, 0.05) is 33.2 Å². The number of hydrogen-bond donors (Lipinski definition) is 0. The van der Waals surface area contributed by atoms with Gasteiger partial charge >= 0.3 is 5.97 Å². The first-order valence-corrected chi connectivity index (χ1v) is 11.0. The third-order valence-electron chi connectivity index (χ3n) is 7.00. The summed E-state index contributed by atoms with van der Waals surface area (Å²) in [5.41, 5.74) is 2.14. The SMILES string of the molecule is C=C(C)[C@@H]1CC=C(CN2CCC3(CC2)[C@H](C(=O)OC)CC(=O)N3OCCOC)CC1. The van der Waals surface area contributed by atoms with E-state index in [1.807, 2.05) is 0 Å². The van der Waals surface area contributed by atoms with Crippen LogP contribution < -0.4 is 0 Å². The van der Waals surface area contributed by atoms with E-state index in [1.165, 1.54) is 29.7 Å². The molecule has 2 saturated heterocycles. The van der Waals surface area contributed by atoms with Crippen LogP contribution in [0.15, 0.2) is 23.8 Å². The summed E-state index contributed by atoms with van der Waals surface area (Å²) < 4.78 is 10.1. The fourth-order valence-corrected chi connectivity index (χ4v) is 5.11. The minimum atomic E-state index is -0.625. The smallest absolute Gasteiger partial charge is 0.311 e. The van der Waals surface area contributed by atoms with Crippen molar-refractivity contribution in [1.29, 1.82) is 0 Å². The second-order valence-corrected chi connectivity index (χ2v) is 8.85. The number of nitrogens with zero attached hydrogens (tertiary/aromatic N) is 2. The molecule has 2 atom stereocenters. The van der Waals surface area contributed by atoms with E-state index in [0.717, 1.165) is 32.5 Å². The third-order valence-corrected chi connectivity index (χ3v) is 7.00. The average molecular weight is 421 g/mol. The van der Waals surface area contributed by atoms with Crippen molar-refractivity contribution >= 4 is 11.9 Å². The van der Waals surface area contributed by atoms with E-state index in [1.54, 1.807) is 7.11 Å². The molecule has 0 saturated carbocycles. The molecule has 0 aromatic rings. The lowest BCUT2D eigenvalue weighted by Gasteiger charge is -2.46. The predicted octanol–water partition coefficient (Wildman–Crippen LogP) is 2.72. The van der Waals surface area contributed by atoms with E-state index in [4.69, 9.17) is 14.3 Å². The number of amides is 1. The zero-order valence-corrected chi connectivity index (χ0v) is 18.7. The molecule has 0 aromatic carbocycles. The van der Waals surface area contributed by atoms with E-state index in [-0.39, 0.29) is 18.3 Å². The fraction of sp³-hybridized carbons (Fsp3) is 0.739. The monoisotopic (exact) mass is 420 g/mol. The van der Waals surface area contributed by atoms with Crippen LogP contribution >= 0.6 is 0 Å². The molecule has 3 rings (SSSR count). The highest BCUT2D eigenvalue weighted by Gasteiger charge is 2.58. The highest BCUT2D eigenvalue weighted by Crippen LogP contribution is 2.44. The molecule has 1 aliphatic carbocycles. The number of allylic oxidation sites excluding steroid dienone is 2. The summed E-state index contributed by atoms with van der Waals surface area (Å²) in [6.45, 7) is 9.52. The summed E-state index contributed by atoms with van der Waals surface area (Å²) in [5.74, 6) is -0.336. The van der Waals surface area contributed by atoms with Crippen LogP contribution in [0.25, 0.3) is 0 Å². The van der Waals surface area contributed by atoms with Crippen LogP contribution in [0.4, 0.5) is 0 Å². The molecule has 0 unspecified atom stereocenters. The Morgan fingerprint density at radius 2 is 2.00 bits per heavy atom. The molecule has 0 N–H and O–H groups in total. The van der Waals surface area contributed by atoms with Crippen LogP contribution in [-0.4, -0.2) is 74.4 Å². The maximum absolute atomic E-state index is 12.7. The molecule has 2 fully saturated rings. The van der Waals surface area contributed by atoms with Crippen LogP contribution in [0.2, 0.25) is 0 Å². The Hall–Kier alpha value is -1.70. The molecule has 1 spiro atoms. The molecule has 7 heteroatoms. The number of esters is 1. The van der Waals surface area contributed by atoms with Crippen LogP contribution in [0.5, 0.6) is 0 Å². The number of likely N-dealkylation sites (tertiary alicyclic amines) is 1. The number of methoxy groups -OCH3 is 2. The van der Waals surface area contributed by atoms with Gasteiger partial charge in [0.2, 0.25) is 5.91 Å². The van der Waals surface area contributed by atoms with Crippen molar-refractivity contribution in [3.63, 3.8) is 0 Å². The second kappa shape index (κ2) is 10.1. The molecule has 0 radical (unpaired) electrons. The van der Waals surface area contributed by atoms with Crippen molar-refractivity contribution in [2.24, 2.45) is 11.8 Å². The van der Waals surface area contributed by atoms with Crippen molar-refractivity contribution in [3.05, 3.63) is 23.8 Å². The average Bonchev–Trinajstić information content (AvgIpc) is 3.01. The van der Waals surface area contributed by atoms with Gasteiger partial charge in [0.1, 0.15) is 0 Å². The molecule has 2 heterocycles. The lowest BCUT2D eigenvalue weighted by Crippen LogP contribution is -2.57. The first kappa shape index (κ1) is 23.0. The highest BCUT2D eigenvalue weighted by molar-refractivity contribution is 5.88. The molecule has 2 aliphatic heterocycles. The third kappa shape index (κ3) is 4.79. The van der Waals surface area contributed by atoms with Crippen LogP contribution in [0, 0.1) is 11.8 Å². The number of ether oxygens (including phenoxy) is 2. The Labute approximate surface area is 180 Å². The van der Waals surface area contributed by atoms with Crippen LogP contribution in [-0.2, 0) is 23.9 Å². The van der Waals surface area contributed by atoms with Crippen molar-refractivity contribution in [2.75, 3.05) is 47.1 Å². The van der Waals surface area contributed by atoms with Gasteiger partial charge in [-0.15, -0.1) is 0 Å². The summed E-state index contributed by atoms with van der Waals surface area (Å²) in [5, 5.41) is 1.47. The zero-order chi connectivity index (χ0) is 21.7. The first-order chi connectivity index (χ1) is 14.4. The van der Waals surface area contributed by atoms with E-state index in [9.17, 15) is 9.59 Å². The molecular formula is C23H36N2O5. The van der Waals surface area contributed by atoms with Crippen molar-refractivity contribution in [1.82, 2.24) is 9.96 Å². The van der Waals surface area contributed by atoms with Gasteiger partial charge in [-0.2, -0.15) is 0 Å². The van der Waals surface area contributed by atoms with Gasteiger partial charge in [-0.1, -0.05) is 23.8 Å². The van der Waals surface area contributed by atoms with Gasteiger partial charge in [-0.25, -0.2) is 5.06 Å². The van der Waals surface area contributed by atoms with E-state index in [0.29, 0.717) is 32.0 Å². The lowest BCUT2D eigenvalue weighted by atomic mass is 9.77. The predicted molar refractivity (Wildman–Crippen MR) is 113 cm³/mol. The van der Waals surface area contributed by atoms with Crippen LogP contribution in [0.3, 0.4) is 0 Å². The zero-order valence-electron chi connectivity index (χ0n) is 18.7. The normalized spacial score (nSPS) is 26.7. The Bertz CT molecular complexity index is 681. The minimum absolute atomic E-state index is 0.143. The molecule has 0 aromatic heterocycles. The van der Waals surface area contributed by atoms with Gasteiger partial charge in [-0.05, 0) is 44.9 Å². The quantitative estimate of drug-likeness (QED) is 0.342. The number of carbonyl (C=O) groups excluding carboxylic acids is 2. The Balaban J connectivity index is 1.65. The largest absolute Gasteiger partial charge is 0.469 e. The van der Waals surface area contributed by atoms with Gasteiger partial charge in [0.15, 0.2) is 0 Å². The number of hydrogen-bond acceptors (Lipinski definition) is 6. The van der Waals surface area contributed by atoms with E-state index in [2.05, 4.69) is 24.5 Å². The number of rotatable bonds is 8. The molecule has 3 aliphatic rings. The Morgan fingerprint density at radius 1 is 1.27 bits per heavy atom. The van der Waals surface area contributed by atoms with Crippen LogP contribution in [0.1, 0.15) is 45.4 Å². The summed E-state index contributed by atoms with van der Waals surface area (Å²) in [6.07, 6.45) is 7.31. The second-order valence-electron chi connectivity index (χ2n) is 8.85. The minimum Gasteiger partial charge on any atom is -0.469 e. The molecular weight excluding hydrogens is 384 g/mol. The first-order valence-electron chi connectivity index (χ1n) is 11.0. The molecule has 7 nitrogen and oxygen atoms in total. The Kier molecular flexibility index (Phi) is 7.71. The maximum Gasteiger partial charge on any atom is 0.311 e. The molecule has 0 bridgehead atoms. The van der Waals surface area contributed by atoms with E-state index < -0.39 is 11.5 Å². The van der Waals surface area contributed by atoms with Crippen molar-refractivity contribution < 1.29 is 23.9 Å². The van der Waals surface area contributed by atoms with Gasteiger partial charge in [0.05, 0.1) is 31.8 Å². The summed E-state index contributed by atoms with van der Waals surface area (Å²) >= 11 is 0. The van der Waals surface area contributed by atoms with E-state index >= 15 is 0 Å². The molecule has 30 heavy (non-hydrogen) atoms.